The molecule has 1 aromatic heterocycles. The molecular formula is C17H22N4O3. The number of para-hydroxylation sites is 1. The molecule has 24 heavy (non-hydrogen) atoms. The van der Waals surface area contributed by atoms with Crippen molar-refractivity contribution in [2.45, 2.75) is 31.9 Å². The van der Waals surface area contributed by atoms with Crippen molar-refractivity contribution in [3.8, 4) is 5.75 Å². The molecular weight excluding hydrogens is 308 g/mol. The molecule has 0 bridgehead atoms. The van der Waals surface area contributed by atoms with Crippen LogP contribution in [-0.4, -0.2) is 50.6 Å². The number of aromatic nitrogens is 3. The quantitative estimate of drug-likeness (QED) is 0.780. The molecule has 1 aliphatic heterocycles. The predicted molar refractivity (Wildman–Crippen MR) is 87.4 cm³/mol. The van der Waals surface area contributed by atoms with E-state index in [0.717, 1.165) is 5.75 Å². The largest absolute Gasteiger partial charge is 0.494 e. The Bertz CT molecular complexity index is 665. The number of carbonyl (C=O) groups excluding carboxylic acids is 1. The van der Waals surface area contributed by atoms with Gasteiger partial charge in [-0.2, -0.15) is 0 Å². The molecule has 1 amide bonds. The molecule has 3 rings (SSSR count). The molecule has 0 aliphatic carbocycles. The number of hydrogen-bond acceptors (Lipinski definition) is 5. The summed E-state index contributed by atoms with van der Waals surface area (Å²) in [5, 5.41) is 17.4. The van der Waals surface area contributed by atoms with E-state index in [9.17, 15) is 9.90 Å². The summed E-state index contributed by atoms with van der Waals surface area (Å²) in [7, 11) is 0. The van der Waals surface area contributed by atoms with E-state index in [1.54, 1.807) is 17.8 Å². The molecule has 2 aromatic rings. The van der Waals surface area contributed by atoms with Crippen LogP contribution in [0.5, 0.6) is 5.75 Å². The zero-order chi connectivity index (χ0) is 16.9. The summed E-state index contributed by atoms with van der Waals surface area (Å²) in [5.41, 5.74) is 0.554. The second-order valence-electron chi connectivity index (χ2n) is 6.02. The minimum absolute atomic E-state index is 0.138. The molecule has 1 fully saturated rings. The van der Waals surface area contributed by atoms with Crippen molar-refractivity contribution in [2.75, 3.05) is 19.7 Å². The Morgan fingerprint density at radius 3 is 2.79 bits per heavy atom. The van der Waals surface area contributed by atoms with Crippen LogP contribution in [-0.2, 0) is 4.79 Å². The molecule has 0 radical (unpaired) electrons. The van der Waals surface area contributed by atoms with E-state index in [4.69, 9.17) is 4.74 Å². The van der Waals surface area contributed by atoms with Crippen molar-refractivity contribution in [1.29, 1.82) is 0 Å². The lowest BCUT2D eigenvalue weighted by Gasteiger charge is -2.39. The number of hydrogen-bond donors (Lipinski definition) is 1. The summed E-state index contributed by atoms with van der Waals surface area (Å²) in [6.45, 7) is 3.47. The number of aliphatic hydroxyl groups is 1. The van der Waals surface area contributed by atoms with Gasteiger partial charge in [-0.05, 0) is 25.5 Å². The maximum atomic E-state index is 12.1. The standard InChI is InChI=1S/C17H22N4O3/c1-13(22)16-12-21(19-18-16)14-10-20(11-14)17(23)8-5-9-24-15-6-3-2-4-7-15/h2-4,6-7,12-14,22H,5,8-11H2,1H3. The molecule has 7 nitrogen and oxygen atoms in total. The highest BCUT2D eigenvalue weighted by atomic mass is 16.5. The van der Waals surface area contributed by atoms with Crippen LogP contribution in [0, 0.1) is 0 Å². The number of likely N-dealkylation sites (tertiary alicyclic amines) is 1. The fourth-order valence-corrected chi connectivity index (χ4v) is 2.57. The molecule has 1 aliphatic rings. The molecule has 1 N–H and O–H groups in total. The van der Waals surface area contributed by atoms with Crippen molar-refractivity contribution in [3.05, 3.63) is 42.2 Å². The van der Waals surface area contributed by atoms with Gasteiger partial charge in [0.05, 0.1) is 24.9 Å². The smallest absolute Gasteiger partial charge is 0.222 e. The third-order valence-corrected chi connectivity index (χ3v) is 4.09. The Balaban J connectivity index is 1.35. The fraction of sp³-hybridized carbons (Fsp3) is 0.471. The van der Waals surface area contributed by atoms with Gasteiger partial charge in [-0.25, -0.2) is 4.68 Å². The van der Waals surface area contributed by atoms with Gasteiger partial charge in [0.15, 0.2) is 0 Å². The summed E-state index contributed by atoms with van der Waals surface area (Å²) in [6, 6.07) is 9.75. The first-order valence-electron chi connectivity index (χ1n) is 8.19. The lowest BCUT2D eigenvalue weighted by atomic mass is 10.1. The van der Waals surface area contributed by atoms with Gasteiger partial charge in [-0.1, -0.05) is 23.4 Å². The number of nitrogens with zero attached hydrogens (tertiary/aromatic N) is 4. The summed E-state index contributed by atoms with van der Waals surface area (Å²) in [4.78, 5) is 13.9. The Morgan fingerprint density at radius 2 is 2.12 bits per heavy atom. The highest BCUT2D eigenvalue weighted by Crippen LogP contribution is 2.22. The highest BCUT2D eigenvalue weighted by Gasteiger charge is 2.32. The van der Waals surface area contributed by atoms with Crippen LogP contribution in [0.4, 0.5) is 0 Å². The normalized spacial score (nSPS) is 15.8. The molecule has 1 atom stereocenters. The van der Waals surface area contributed by atoms with Crippen LogP contribution in [0.25, 0.3) is 0 Å². The fourth-order valence-electron chi connectivity index (χ4n) is 2.57. The van der Waals surface area contributed by atoms with Gasteiger partial charge in [-0.3, -0.25) is 4.79 Å². The van der Waals surface area contributed by atoms with Crippen LogP contribution in [0.2, 0.25) is 0 Å². The number of carbonyl (C=O) groups is 1. The van der Waals surface area contributed by atoms with Crippen molar-refractivity contribution < 1.29 is 14.6 Å². The lowest BCUT2D eigenvalue weighted by molar-refractivity contribution is -0.137. The van der Waals surface area contributed by atoms with Crippen LogP contribution in [0.1, 0.15) is 37.6 Å². The Labute approximate surface area is 140 Å². The molecule has 0 saturated carbocycles. The van der Waals surface area contributed by atoms with Crippen LogP contribution in [0.15, 0.2) is 36.5 Å². The van der Waals surface area contributed by atoms with Crippen molar-refractivity contribution in [2.24, 2.45) is 0 Å². The summed E-state index contributed by atoms with van der Waals surface area (Å²) < 4.78 is 7.31. The van der Waals surface area contributed by atoms with Crippen LogP contribution < -0.4 is 4.74 Å². The van der Waals surface area contributed by atoms with Gasteiger partial charge >= 0.3 is 0 Å². The van der Waals surface area contributed by atoms with Gasteiger partial charge in [0.25, 0.3) is 0 Å². The number of benzene rings is 1. The minimum Gasteiger partial charge on any atom is -0.494 e. The first kappa shape index (κ1) is 16.4. The maximum Gasteiger partial charge on any atom is 0.222 e. The topological polar surface area (TPSA) is 80.5 Å². The molecule has 2 heterocycles. The van der Waals surface area contributed by atoms with Gasteiger partial charge in [0.2, 0.25) is 5.91 Å². The van der Waals surface area contributed by atoms with Gasteiger partial charge in [0.1, 0.15) is 11.4 Å². The van der Waals surface area contributed by atoms with E-state index in [-0.39, 0.29) is 11.9 Å². The summed E-state index contributed by atoms with van der Waals surface area (Å²) in [6.07, 6.45) is 2.30. The molecule has 0 spiro atoms. The molecule has 128 valence electrons. The van der Waals surface area contributed by atoms with E-state index < -0.39 is 6.10 Å². The number of aliphatic hydroxyl groups excluding tert-OH is 1. The summed E-state index contributed by atoms with van der Waals surface area (Å²) >= 11 is 0. The van der Waals surface area contributed by atoms with E-state index in [2.05, 4.69) is 10.3 Å². The minimum atomic E-state index is -0.624. The Morgan fingerprint density at radius 1 is 1.38 bits per heavy atom. The SMILES string of the molecule is CC(O)c1cn(C2CN(C(=O)CCCOc3ccccc3)C2)nn1. The molecule has 1 aromatic carbocycles. The second kappa shape index (κ2) is 7.44. The predicted octanol–water partition coefficient (Wildman–Crippen LogP) is 1.57. The molecule has 1 saturated heterocycles. The first-order chi connectivity index (χ1) is 11.6. The average Bonchev–Trinajstić information content (AvgIpc) is 3.01. The maximum absolute atomic E-state index is 12.1. The third kappa shape index (κ3) is 3.91. The second-order valence-corrected chi connectivity index (χ2v) is 6.02. The van der Waals surface area contributed by atoms with E-state index in [1.165, 1.54) is 0 Å². The van der Waals surface area contributed by atoms with Crippen LogP contribution >= 0.6 is 0 Å². The van der Waals surface area contributed by atoms with Gasteiger partial charge in [-0.15, -0.1) is 5.10 Å². The van der Waals surface area contributed by atoms with Crippen molar-refractivity contribution in [1.82, 2.24) is 19.9 Å². The van der Waals surface area contributed by atoms with E-state index >= 15 is 0 Å². The zero-order valence-corrected chi connectivity index (χ0v) is 13.7. The van der Waals surface area contributed by atoms with E-state index in [1.807, 2.05) is 35.2 Å². The van der Waals surface area contributed by atoms with Gasteiger partial charge < -0.3 is 14.7 Å². The van der Waals surface area contributed by atoms with Crippen molar-refractivity contribution >= 4 is 5.91 Å². The number of amides is 1. The zero-order valence-electron chi connectivity index (χ0n) is 13.7. The van der Waals surface area contributed by atoms with E-state index in [0.29, 0.717) is 38.2 Å². The monoisotopic (exact) mass is 330 g/mol. The van der Waals surface area contributed by atoms with Gasteiger partial charge in [0, 0.05) is 19.5 Å². The number of ether oxygens (including phenoxy) is 1. The molecule has 1 unspecified atom stereocenters. The summed E-state index contributed by atoms with van der Waals surface area (Å²) in [5.74, 6) is 0.966. The number of rotatable bonds is 7. The third-order valence-electron chi connectivity index (χ3n) is 4.09. The first-order valence-corrected chi connectivity index (χ1v) is 8.19. The lowest BCUT2D eigenvalue weighted by Crippen LogP contribution is -2.50. The Hall–Kier alpha value is -2.41. The highest BCUT2D eigenvalue weighted by molar-refractivity contribution is 5.77. The molecule has 7 heteroatoms. The van der Waals surface area contributed by atoms with Crippen molar-refractivity contribution in [3.63, 3.8) is 0 Å². The average molecular weight is 330 g/mol. The Kier molecular flexibility index (Phi) is 5.10. The van der Waals surface area contributed by atoms with Crippen LogP contribution in [0.3, 0.4) is 0 Å².